The highest BCUT2D eigenvalue weighted by Gasteiger charge is 2.28. The second kappa shape index (κ2) is 4.31. The van der Waals surface area contributed by atoms with Crippen LogP contribution in [-0.4, -0.2) is 31.0 Å². The van der Waals surface area contributed by atoms with Crippen molar-refractivity contribution in [3.63, 3.8) is 0 Å². The largest absolute Gasteiger partial charge is 0.507 e. The van der Waals surface area contributed by atoms with E-state index in [4.69, 9.17) is 10.3 Å². The zero-order chi connectivity index (χ0) is 15.3. The molecule has 2 aromatic rings. The van der Waals surface area contributed by atoms with Crippen molar-refractivity contribution in [3.8, 4) is 5.75 Å². The number of hydrogen-bond donors (Lipinski definition) is 4. The molecule has 20 heavy (non-hydrogen) atoms. The third-order valence-electron chi connectivity index (χ3n) is 2.59. The van der Waals surface area contributed by atoms with Crippen molar-refractivity contribution in [3.05, 3.63) is 24.3 Å². The minimum atomic E-state index is -4.97. The average Bonchev–Trinajstić information content (AvgIpc) is 2.26. The number of aromatic hydroxyl groups is 1. The van der Waals surface area contributed by atoms with Crippen molar-refractivity contribution in [2.75, 3.05) is 5.73 Å². The molecule has 2 rings (SSSR count). The Labute approximate surface area is 114 Å². The van der Waals surface area contributed by atoms with Gasteiger partial charge in [0.15, 0.2) is 0 Å². The summed E-state index contributed by atoms with van der Waals surface area (Å²) in [7, 11) is -9.94. The monoisotopic (exact) mass is 319 g/mol. The highest BCUT2D eigenvalue weighted by Crippen LogP contribution is 2.36. The number of fused-ring (bicyclic) bond motifs is 1. The van der Waals surface area contributed by atoms with Crippen LogP contribution in [0.3, 0.4) is 0 Å². The van der Waals surface area contributed by atoms with Crippen LogP contribution in [0.1, 0.15) is 0 Å². The molecule has 0 radical (unpaired) electrons. The minimum Gasteiger partial charge on any atom is -0.507 e. The Bertz CT molecular complexity index is 916. The number of phenolic OH excluding ortho intramolecular Hbond substituents is 1. The Morgan fingerprint density at radius 3 is 2.00 bits per heavy atom. The summed E-state index contributed by atoms with van der Waals surface area (Å²) < 4.78 is 63.4. The fraction of sp³-hybridized carbons (Fsp3) is 0. The topological polar surface area (TPSA) is 155 Å². The predicted octanol–water partition coefficient (Wildman–Crippen LogP) is 0.621. The molecular formula is C10H9NO7S2. The minimum absolute atomic E-state index is 0.0787. The van der Waals surface area contributed by atoms with Crippen LogP contribution in [0, 0.1) is 0 Å². The van der Waals surface area contributed by atoms with Crippen LogP contribution in [0.25, 0.3) is 10.8 Å². The number of nitrogens with two attached hydrogens (primary N) is 1. The van der Waals surface area contributed by atoms with Gasteiger partial charge in [0.05, 0.1) is 0 Å². The van der Waals surface area contributed by atoms with Gasteiger partial charge in [-0.15, -0.1) is 0 Å². The summed E-state index contributed by atoms with van der Waals surface area (Å²) in [6.07, 6.45) is 0. The summed E-state index contributed by atoms with van der Waals surface area (Å²) in [4.78, 5) is -2.14. The molecule has 0 aliphatic heterocycles. The van der Waals surface area contributed by atoms with Gasteiger partial charge in [-0.25, -0.2) is 0 Å². The molecule has 2 aromatic carbocycles. The van der Waals surface area contributed by atoms with E-state index in [2.05, 4.69) is 0 Å². The van der Waals surface area contributed by atoms with E-state index < -0.39 is 35.8 Å². The first kappa shape index (κ1) is 14.5. The highest BCUT2D eigenvalue weighted by molar-refractivity contribution is 7.89. The lowest BCUT2D eigenvalue weighted by Gasteiger charge is -2.11. The van der Waals surface area contributed by atoms with Gasteiger partial charge in [-0.1, -0.05) is 6.07 Å². The Morgan fingerprint density at radius 2 is 1.50 bits per heavy atom. The molecule has 0 saturated heterocycles. The molecule has 0 saturated carbocycles. The van der Waals surface area contributed by atoms with Crippen LogP contribution in [0.4, 0.5) is 5.69 Å². The molecule has 0 bridgehead atoms. The van der Waals surface area contributed by atoms with E-state index in [1.807, 2.05) is 0 Å². The second-order valence-electron chi connectivity index (χ2n) is 3.98. The molecule has 0 atom stereocenters. The maximum Gasteiger partial charge on any atom is 0.296 e. The molecule has 10 heteroatoms. The Hall–Kier alpha value is -1.88. The zero-order valence-corrected chi connectivity index (χ0v) is 11.3. The number of phenols is 1. The molecular weight excluding hydrogens is 310 g/mol. The molecule has 0 aliphatic carbocycles. The molecule has 0 aliphatic rings. The van der Waals surface area contributed by atoms with E-state index >= 15 is 0 Å². The first-order chi connectivity index (χ1) is 9.01. The summed E-state index contributed by atoms with van der Waals surface area (Å²) in [6, 6.07) is 4.10. The van der Waals surface area contributed by atoms with E-state index in [1.54, 1.807) is 0 Å². The summed E-state index contributed by atoms with van der Waals surface area (Å²) in [5, 5.41) is 9.36. The van der Waals surface area contributed by atoms with Gasteiger partial charge < -0.3 is 10.8 Å². The predicted molar refractivity (Wildman–Crippen MR) is 69.7 cm³/mol. The average molecular weight is 319 g/mol. The van der Waals surface area contributed by atoms with Crippen LogP contribution in [0.5, 0.6) is 5.75 Å². The van der Waals surface area contributed by atoms with Crippen molar-refractivity contribution in [1.82, 2.24) is 0 Å². The van der Waals surface area contributed by atoms with Crippen LogP contribution < -0.4 is 5.73 Å². The zero-order valence-electron chi connectivity index (χ0n) is 9.68. The number of rotatable bonds is 2. The lowest BCUT2D eigenvalue weighted by atomic mass is 10.1. The van der Waals surface area contributed by atoms with Gasteiger partial charge in [0.1, 0.15) is 15.5 Å². The Kier molecular flexibility index (Phi) is 3.13. The van der Waals surface area contributed by atoms with Crippen LogP contribution >= 0.6 is 0 Å². The van der Waals surface area contributed by atoms with Gasteiger partial charge in [-0.05, 0) is 12.1 Å². The molecule has 8 nitrogen and oxygen atoms in total. The molecule has 0 heterocycles. The summed E-state index contributed by atoms with van der Waals surface area (Å²) >= 11 is 0. The summed E-state index contributed by atoms with van der Waals surface area (Å²) in [6.45, 7) is 0. The van der Waals surface area contributed by atoms with Gasteiger partial charge in [0, 0.05) is 22.5 Å². The van der Waals surface area contributed by atoms with Crippen LogP contribution in [-0.2, 0) is 20.2 Å². The standard InChI is InChI=1S/C10H9NO7S2/c11-5-1-2-6-7(3-5)8(12)4-9(19(13,14)15)10(6)20(16,17)18/h1-4,12H,11H2,(H,13,14,15)(H,16,17,18). The first-order valence-electron chi connectivity index (χ1n) is 5.02. The third-order valence-corrected chi connectivity index (χ3v) is 4.55. The third kappa shape index (κ3) is 2.41. The van der Waals surface area contributed by atoms with Crippen LogP contribution in [0.15, 0.2) is 34.1 Å². The smallest absolute Gasteiger partial charge is 0.296 e. The first-order valence-corrected chi connectivity index (χ1v) is 7.90. The number of benzene rings is 2. The summed E-state index contributed by atoms with van der Waals surface area (Å²) in [5.41, 5.74) is 5.67. The normalized spacial score (nSPS) is 12.7. The SMILES string of the molecule is Nc1ccc2c(S(=O)(=O)O)c(S(=O)(=O)O)cc(O)c2c1. The van der Waals surface area contributed by atoms with Crippen molar-refractivity contribution in [2.24, 2.45) is 0 Å². The molecule has 0 fully saturated rings. The van der Waals surface area contributed by atoms with Crippen molar-refractivity contribution in [2.45, 2.75) is 9.79 Å². The lowest BCUT2D eigenvalue weighted by Crippen LogP contribution is -2.09. The van der Waals surface area contributed by atoms with E-state index in [-0.39, 0.29) is 16.5 Å². The number of hydrogen-bond acceptors (Lipinski definition) is 6. The maximum absolute atomic E-state index is 11.4. The fourth-order valence-corrected chi connectivity index (χ4v) is 3.84. The maximum atomic E-state index is 11.4. The molecule has 0 unspecified atom stereocenters. The van der Waals surface area contributed by atoms with Gasteiger partial charge in [-0.3, -0.25) is 9.11 Å². The lowest BCUT2D eigenvalue weighted by molar-refractivity contribution is 0.460. The van der Waals surface area contributed by atoms with Crippen LogP contribution in [0.2, 0.25) is 0 Å². The van der Waals surface area contributed by atoms with Gasteiger partial charge in [-0.2, -0.15) is 16.8 Å². The molecule has 0 aromatic heterocycles. The van der Waals surface area contributed by atoms with Gasteiger partial charge in [0.25, 0.3) is 20.2 Å². The van der Waals surface area contributed by atoms with E-state index in [9.17, 15) is 26.5 Å². The van der Waals surface area contributed by atoms with Gasteiger partial charge in [0.2, 0.25) is 0 Å². The fourth-order valence-electron chi connectivity index (χ4n) is 1.83. The van der Waals surface area contributed by atoms with E-state index in [0.29, 0.717) is 6.07 Å². The molecule has 0 amide bonds. The van der Waals surface area contributed by atoms with Crippen molar-refractivity contribution in [1.29, 1.82) is 0 Å². The Morgan fingerprint density at radius 1 is 0.900 bits per heavy atom. The summed E-state index contributed by atoms with van der Waals surface area (Å²) in [5.74, 6) is -0.604. The van der Waals surface area contributed by atoms with Gasteiger partial charge >= 0.3 is 0 Å². The molecule has 108 valence electrons. The quantitative estimate of drug-likeness (QED) is 0.463. The van der Waals surface area contributed by atoms with Crippen molar-refractivity contribution >= 4 is 36.7 Å². The number of nitrogen functional groups attached to an aromatic ring is 1. The van der Waals surface area contributed by atoms with E-state index in [0.717, 1.165) is 6.07 Å². The molecule has 5 N–H and O–H groups in total. The van der Waals surface area contributed by atoms with E-state index in [1.165, 1.54) is 12.1 Å². The highest BCUT2D eigenvalue weighted by atomic mass is 32.2. The van der Waals surface area contributed by atoms with Crippen molar-refractivity contribution < 1.29 is 31.0 Å². The Balaban J connectivity index is 3.16. The second-order valence-corrected chi connectivity index (χ2v) is 6.73. The molecule has 0 spiro atoms. The number of anilines is 1.